The zero-order chi connectivity index (χ0) is 10.5. The van der Waals surface area contributed by atoms with Crippen molar-refractivity contribution in [2.75, 3.05) is 13.2 Å². The van der Waals surface area contributed by atoms with Gasteiger partial charge in [0.2, 0.25) is 0 Å². The lowest BCUT2D eigenvalue weighted by atomic mass is 10.2. The van der Waals surface area contributed by atoms with Gasteiger partial charge in [-0.25, -0.2) is 0 Å². The second-order valence-electron chi connectivity index (χ2n) is 3.98. The first-order chi connectivity index (χ1) is 7.34. The molecule has 1 fully saturated rings. The van der Waals surface area contributed by atoms with Gasteiger partial charge in [0.05, 0.1) is 11.8 Å². The number of hydrogen-bond acceptors (Lipinski definition) is 4. The monoisotopic (exact) mass is 210 g/mol. The summed E-state index contributed by atoms with van der Waals surface area (Å²) in [7, 11) is 1.88. The number of rotatable bonds is 5. The molecule has 0 saturated carbocycles. The summed E-state index contributed by atoms with van der Waals surface area (Å²) in [4.78, 5) is 0. The molecule has 0 aromatic carbocycles. The minimum absolute atomic E-state index is 0.472. The van der Waals surface area contributed by atoms with E-state index in [4.69, 9.17) is 4.74 Å². The van der Waals surface area contributed by atoms with E-state index >= 15 is 0 Å². The fourth-order valence-corrected chi connectivity index (χ4v) is 1.83. The minimum Gasteiger partial charge on any atom is -0.378 e. The standard InChI is InChI=1S/C10H18N4O/c1-14-8-9(12-13-14)7-11-5-4-10-3-2-6-15-10/h8,10-11H,2-7H2,1H3. The Kier molecular flexibility index (Phi) is 3.69. The number of hydrogen-bond donors (Lipinski definition) is 1. The maximum Gasteiger partial charge on any atom is 0.0964 e. The molecule has 0 aliphatic carbocycles. The molecule has 1 atom stereocenters. The third-order valence-corrected chi connectivity index (χ3v) is 2.62. The molecule has 0 spiro atoms. The van der Waals surface area contributed by atoms with Crippen molar-refractivity contribution in [3.8, 4) is 0 Å². The molecule has 1 aromatic heterocycles. The van der Waals surface area contributed by atoms with Crippen LogP contribution in [0, 0.1) is 0 Å². The summed E-state index contributed by atoms with van der Waals surface area (Å²) in [6, 6.07) is 0. The molecule has 1 unspecified atom stereocenters. The zero-order valence-corrected chi connectivity index (χ0v) is 9.15. The summed E-state index contributed by atoms with van der Waals surface area (Å²) >= 11 is 0. The van der Waals surface area contributed by atoms with Crippen LogP contribution in [-0.4, -0.2) is 34.2 Å². The average Bonchev–Trinajstić information content (AvgIpc) is 2.84. The summed E-state index contributed by atoms with van der Waals surface area (Å²) in [6.07, 6.45) is 5.93. The number of nitrogens with one attached hydrogen (secondary N) is 1. The fourth-order valence-electron chi connectivity index (χ4n) is 1.83. The van der Waals surface area contributed by atoms with E-state index in [2.05, 4.69) is 15.6 Å². The Morgan fingerprint density at radius 3 is 3.27 bits per heavy atom. The van der Waals surface area contributed by atoms with Crippen LogP contribution in [0.2, 0.25) is 0 Å². The first-order valence-corrected chi connectivity index (χ1v) is 5.52. The summed E-state index contributed by atoms with van der Waals surface area (Å²) in [5, 5.41) is 11.2. The number of aryl methyl sites for hydroxylation is 1. The topological polar surface area (TPSA) is 52.0 Å². The van der Waals surface area contributed by atoms with Crippen molar-refractivity contribution in [2.45, 2.75) is 31.9 Å². The molecule has 2 heterocycles. The summed E-state index contributed by atoms with van der Waals surface area (Å²) in [6.45, 7) is 2.72. The molecule has 5 heteroatoms. The first-order valence-electron chi connectivity index (χ1n) is 5.52. The highest BCUT2D eigenvalue weighted by molar-refractivity contribution is 4.90. The van der Waals surface area contributed by atoms with E-state index in [1.807, 2.05) is 13.2 Å². The van der Waals surface area contributed by atoms with E-state index in [-0.39, 0.29) is 0 Å². The van der Waals surface area contributed by atoms with E-state index in [1.54, 1.807) is 4.68 Å². The van der Waals surface area contributed by atoms with Gasteiger partial charge in [-0.2, -0.15) is 0 Å². The van der Waals surface area contributed by atoms with E-state index in [9.17, 15) is 0 Å². The van der Waals surface area contributed by atoms with Crippen LogP contribution < -0.4 is 5.32 Å². The molecule has 0 bridgehead atoms. The van der Waals surface area contributed by atoms with Crippen molar-refractivity contribution in [1.29, 1.82) is 0 Å². The molecule has 84 valence electrons. The summed E-state index contributed by atoms with van der Waals surface area (Å²) in [5.41, 5.74) is 0.991. The van der Waals surface area contributed by atoms with Crippen LogP contribution in [0.4, 0.5) is 0 Å². The molecular weight excluding hydrogens is 192 g/mol. The van der Waals surface area contributed by atoms with Gasteiger partial charge in [0, 0.05) is 26.4 Å². The van der Waals surface area contributed by atoms with E-state index < -0.39 is 0 Å². The largest absolute Gasteiger partial charge is 0.378 e. The molecule has 15 heavy (non-hydrogen) atoms. The van der Waals surface area contributed by atoms with Crippen molar-refractivity contribution in [1.82, 2.24) is 20.3 Å². The smallest absolute Gasteiger partial charge is 0.0964 e. The zero-order valence-electron chi connectivity index (χ0n) is 9.15. The predicted molar refractivity (Wildman–Crippen MR) is 56.3 cm³/mol. The summed E-state index contributed by atoms with van der Waals surface area (Å²) < 4.78 is 7.26. The number of ether oxygens (including phenoxy) is 1. The Balaban J connectivity index is 1.58. The van der Waals surface area contributed by atoms with Gasteiger partial charge in [-0.1, -0.05) is 5.21 Å². The maximum atomic E-state index is 5.54. The molecule has 5 nitrogen and oxygen atoms in total. The SMILES string of the molecule is Cn1cc(CNCCC2CCCO2)nn1. The Morgan fingerprint density at radius 1 is 1.67 bits per heavy atom. The van der Waals surface area contributed by atoms with Gasteiger partial charge >= 0.3 is 0 Å². The third kappa shape index (κ3) is 3.28. The third-order valence-electron chi connectivity index (χ3n) is 2.62. The van der Waals surface area contributed by atoms with Crippen molar-refractivity contribution in [3.63, 3.8) is 0 Å². The molecule has 1 aliphatic rings. The Bertz CT molecular complexity index is 293. The van der Waals surface area contributed by atoms with Crippen LogP contribution in [0.5, 0.6) is 0 Å². The van der Waals surface area contributed by atoms with E-state index in [1.165, 1.54) is 12.8 Å². The highest BCUT2D eigenvalue weighted by Gasteiger charge is 2.14. The van der Waals surface area contributed by atoms with Crippen LogP contribution in [0.3, 0.4) is 0 Å². The highest BCUT2D eigenvalue weighted by atomic mass is 16.5. The minimum atomic E-state index is 0.472. The normalized spacial score (nSPS) is 21.0. The fraction of sp³-hybridized carbons (Fsp3) is 0.800. The molecular formula is C10H18N4O. The van der Waals surface area contributed by atoms with Crippen LogP contribution in [0.1, 0.15) is 25.0 Å². The van der Waals surface area contributed by atoms with Crippen LogP contribution in [-0.2, 0) is 18.3 Å². The van der Waals surface area contributed by atoms with Gasteiger partial charge in [0.1, 0.15) is 0 Å². The van der Waals surface area contributed by atoms with Crippen LogP contribution in [0.15, 0.2) is 6.20 Å². The molecule has 0 amide bonds. The Hall–Kier alpha value is -0.940. The first kappa shape index (κ1) is 10.6. The van der Waals surface area contributed by atoms with Crippen molar-refractivity contribution in [2.24, 2.45) is 7.05 Å². The van der Waals surface area contributed by atoms with Gasteiger partial charge in [0.25, 0.3) is 0 Å². The van der Waals surface area contributed by atoms with Gasteiger partial charge < -0.3 is 10.1 Å². The molecule has 2 rings (SSSR count). The number of nitrogens with zero attached hydrogens (tertiary/aromatic N) is 3. The van der Waals surface area contributed by atoms with E-state index in [0.717, 1.165) is 31.8 Å². The predicted octanol–water partition coefficient (Wildman–Crippen LogP) is 0.474. The molecule has 1 N–H and O–H groups in total. The van der Waals surface area contributed by atoms with Crippen molar-refractivity contribution >= 4 is 0 Å². The maximum absolute atomic E-state index is 5.54. The lowest BCUT2D eigenvalue weighted by Crippen LogP contribution is -2.20. The van der Waals surface area contributed by atoms with Gasteiger partial charge in [-0.15, -0.1) is 5.10 Å². The van der Waals surface area contributed by atoms with Gasteiger partial charge in [-0.05, 0) is 25.8 Å². The Morgan fingerprint density at radius 2 is 2.60 bits per heavy atom. The van der Waals surface area contributed by atoms with Gasteiger partial charge in [-0.3, -0.25) is 4.68 Å². The van der Waals surface area contributed by atoms with Crippen LogP contribution in [0.25, 0.3) is 0 Å². The molecule has 1 aliphatic heterocycles. The number of aromatic nitrogens is 3. The molecule has 0 radical (unpaired) electrons. The lowest BCUT2D eigenvalue weighted by molar-refractivity contribution is 0.104. The molecule has 1 saturated heterocycles. The second-order valence-corrected chi connectivity index (χ2v) is 3.98. The lowest BCUT2D eigenvalue weighted by Gasteiger charge is -2.08. The second kappa shape index (κ2) is 5.23. The quantitative estimate of drug-likeness (QED) is 0.718. The van der Waals surface area contributed by atoms with Gasteiger partial charge in [0.15, 0.2) is 0 Å². The Labute approximate surface area is 89.8 Å². The summed E-state index contributed by atoms with van der Waals surface area (Å²) in [5.74, 6) is 0. The van der Waals surface area contributed by atoms with Crippen molar-refractivity contribution < 1.29 is 4.74 Å². The van der Waals surface area contributed by atoms with Crippen LogP contribution >= 0.6 is 0 Å². The average molecular weight is 210 g/mol. The highest BCUT2D eigenvalue weighted by Crippen LogP contribution is 2.14. The van der Waals surface area contributed by atoms with E-state index in [0.29, 0.717) is 6.10 Å². The van der Waals surface area contributed by atoms with Crippen molar-refractivity contribution in [3.05, 3.63) is 11.9 Å². The molecule has 1 aromatic rings.